The van der Waals surface area contributed by atoms with Crippen LogP contribution in [0.3, 0.4) is 0 Å². The number of rotatable bonds is 6. The molecule has 152 valence electrons. The Hall–Kier alpha value is -1.63. The Labute approximate surface area is 162 Å². The van der Waals surface area contributed by atoms with Gasteiger partial charge in [-0.05, 0) is 63.5 Å². The predicted octanol–water partition coefficient (Wildman–Crippen LogP) is 1.73. The molecule has 0 bridgehead atoms. The average Bonchev–Trinajstić information content (AvgIpc) is 2.91. The van der Waals surface area contributed by atoms with E-state index in [1.54, 1.807) is 0 Å². The molecule has 0 aromatic carbocycles. The van der Waals surface area contributed by atoms with Crippen molar-refractivity contribution in [3.05, 3.63) is 0 Å². The van der Waals surface area contributed by atoms with Gasteiger partial charge in [0.15, 0.2) is 0 Å². The van der Waals surface area contributed by atoms with E-state index in [9.17, 15) is 14.4 Å². The van der Waals surface area contributed by atoms with Crippen molar-refractivity contribution in [2.24, 2.45) is 11.8 Å². The van der Waals surface area contributed by atoms with Gasteiger partial charge in [0.25, 0.3) is 5.91 Å². The number of carbonyl (C=O) groups excluding carboxylic acids is 3. The topological polar surface area (TPSA) is 81.8 Å². The number of piperidine rings is 1. The van der Waals surface area contributed by atoms with Gasteiger partial charge in [-0.2, -0.15) is 0 Å². The molecule has 0 aromatic heterocycles. The molecule has 27 heavy (non-hydrogen) atoms. The van der Waals surface area contributed by atoms with E-state index in [0.717, 1.165) is 50.1 Å². The third kappa shape index (κ3) is 4.28. The van der Waals surface area contributed by atoms with E-state index in [2.05, 4.69) is 24.5 Å². The molecule has 2 N–H and O–H groups in total. The van der Waals surface area contributed by atoms with Gasteiger partial charge in [-0.1, -0.05) is 20.3 Å². The molecule has 7 nitrogen and oxygen atoms in total. The number of hydrogen-bond acceptors (Lipinski definition) is 4. The van der Waals surface area contributed by atoms with E-state index in [0.29, 0.717) is 37.8 Å². The second kappa shape index (κ2) is 8.59. The van der Waals surface area contributed by atoms with Crippen molar-refractivity contribution in [1.29, 1.82) is 0 Å². The highest BCUT2D eigenvalue weighted by atomic mass is 16.2. The SMILES string of the molecule is CCNCC1CCN(C(=O)CN2C(=O)NC3(CCC(CC)CC3)C2=O)CC1. The molecule has 0 unspecified atom stereocenters. The summed E-state index contributed by atoms with van der Waals surface area (Å²) < 4.78 is 0. The lowest BCUT2D eigenvalue weighted by atomic mass is 9.75. The van der Waals surface area contributed by atoms with Gasteiger partial charge in [-0.15, -0.1) is 0 Å². The summed E-state index contributed by atoms with van der Waals surface area (Å²) in [5.74, 6) is 0.930. The molecule has 0 radical (unpaired) electrons. The minimum atomic E-state index is -0.762. The third-order valence-corrected chi connectivity index (χ3v) is 6.73. The Kier molecular flexibility index (Phi) is 6.40. The first-order valence-corrected chi connectivity index (χ1v) is 10.6. The molecule has 1 aliphatic carbocycles. The van der Waals surface area contributed by atoms with Gasteiger partial charge in [0.2, 0.25) is 5.91 Å². The maximum absolute atomic E-state index is 12.9. The molecule has 2 aliphatic heterocycles. The smallest absolute Gasteiger partial charge is 0.325 e. The van der Waals surface area contributed by atoms with E-state index in [-0.39, 0.29) is 18.4 Å². The molecule has 0 aromatic rings. The monoisotopic (exact) mass is 378 g/mol. The van der Waals surface area contributed by atoms with Crippen molar-refractivity contribution in [2.45, 2.75) is 64.3 Å². The summed E-state index contributed by atoms with van der Waals surface area (Å²) in [5, 5.41) is 6.27. The standard InChI is InChI=1S/C20H34N4O3/c1-3-15-5-9-20(10-6-15)18(26)24(19(27)22-20)14-17(25)23-11-7-16(8-12-23)13-21-4-2/h15-16,21H,3-14H2,1-2H3,(H,22,27). The van der Waals surface area contributed by atoms with Crippen molar-refractivity contribution in [3.63, 3.8) is 0 Å². The minimum absolute atomic E-state index is 0.111. The van der Waals surface area contributed by atoms with Crippen LogP contribution >= 0.6 is 0 Å². The molecule has 1 saturated carbocycles. The van der Waals surface area contributed by atoms with Crippen molar-refractivity contribution in [3.8, 4) is 0 Å². The second-order valence-electron chi connectivity index (χ2n) is 8.39. The van der Waals surface area contributed by atoms with Crippen LogP contribution in [0.2, 0.25) is 0 Å². The Bertz CT molecular complexity index is 564. The Balaban J connectivity index is 1.53. The van der Waals surface area contributed by atoms with Crippen LogP contribution in [0.4, 0.5) is 4.79 Å². The molecule has 1 spiro atoms. The lowest BCUT2D eigenvalue weighted by Crippen LogP contribution is -2.50. The van der Waals surface area contributed by atoms with E-state index in [4.69, 9.17) is 0 Å². The van der Waals surface area contributed by atoms with Crippen LogP contribution in [0.25, 0.3) is 0 Å². The molecule has 4 amide bonds. The van der Waals surface area contributed by atoms with E-state index < -0.39 is 11.6 Å². The number of hydrogen-bond donors (Lipinski definition) is 2. The van der Waals surface area contributed by atoms with Crippen LogP contribution in [0.5, 0.6) is 0 Å². The fourth-order valence-corrected chi connectivity index (χ4v) is 4.71. The summed E-state index contributed by atoms with van der Waals surface area (Å²) in [7, 11) is 0. The van der Waals surface area contributed by atoms with Gasteiger partial charge in [0, 0.05) is 13.1 Å². The van der Waals surface area contributed by atoms with Crippen LogP contribution < -0.4 is 10.6 Å². The molecule has 2 heterocycles. The van der Waals surface area contributed by atoms with Gasteiger partial charge in [0.05, 0.1) is 0 Å². The van der Waals surface area contributed by atoms with Crippen molar-refractivity contribution >= 4 is 17.8 Å². The minimum Gasteiger partial charge on any atom is -0.341 e. The normalized spacial score (nSPS) is 29.5. The van der Waals surface area contributed by atoms with Crippen LogP contribution in [0.15, 0.2) is 0 Å². The molecular formula is C20H34N4O3. The van der Waals surface area contributed by atoms with E-state index in [1.807, 2.05) is 4.90 Å². The highest BCUT2D eigenvalue weighted by Gasteiger charge is 2.52. The number of nitrogens with one attached hydrogen (secondary N) is 2. The van der Waals surface area contributed by atoms with Gasteiger partial charge in [0.1, 0.15) is 12.1 Å². The zero-order valence-corrected chi connectivity index (χ0v) is 16.8. The summed E-state index contributed by atoms with van der Waals surface area (Å²) in [6, 6.07) is -0.398. The highest BCUT2D eigenvalue weighted by Crippen LogP contribution is 2.37. The number of nitrogens with zero attached hydrogens (tertiary/aromatic N) is 2. The highest BCUT2D eigenvalue weighted by molar-refractivity contribution is 6.09. The van der Waals surface area contributed by atoms with Gasteiger partial charge in [-0.3, -0.25) is 14.5 Å². The van der Waals surface area contributed by atoms with E-state index in [1.165, 1.54) is 0 Å². The second-order valence-corrected chi connectivity index (χ2v) is 8.39. The first-order valence-electron chi connectivity index (χ1n) is 10.6. The number of carbonyl (C=O) groups is 3. The predicted molar refractivity (Wildman–Crippen MR) is 103 cm³/mol. The van der Waals surface area contributed by atoms with Crippen LogP contribution in [-0.2, 0) is 9.59 Å². The van der Waals surface area contributed by atoms with Crippen molar-refractivity contribution in [2.75, 3.05) is 32.7 Å². The molecule has 3 aliphatic rings. The number of likely N-dealkylation sites (tertiary alicyclic amines) is 1. The van der Waals surface area contributed by atoms with Gasteiger partial charge >= 0.3 is 6.03 Å². The Morgan fingerprint density at radius 2 is 1.78 bits per heavy atom. The number of amides is 4. The lowest BCUT2D eigenvalue weighted by Gasteiger charge is -2.35. The Morgan fingerprint density at radius 3 is 2.37 bits per heavy atom. The Morgan fingerprint density at radius 1 is 1.11 bits per heavy atom. The molecule has 3 fully saturated rings. The number of urea groups is 1. The summed E-state index contributed by atoms with van der Waals surface area (Å²) in [4.78, 5) is 41.0. The van der Waals surface area contributed by atoms with Crippen LogP contribution in [0, 0.1) is 11.8 Å². The van der Waals surface area contributed by atoms with Crippen molar-refractivity contribution in [1.82, 2.24) is 20.4 Å². The van der Waals surface area contributed by atoms with E-state index >= 15 is 0 Å². The lowest BCUT2D eigenvalue weighted by molar-refractivity contribution is -0.140. The zero-order chi connectivity index (χ0) is 19.4. The zero-order valence-electron chi connectivity index (χ0n) is 16.8. The average molecular weight is 379 g/mol. The third-order valence-electron chi connectivity index (χ3n) is 6.73. The first kappa shape index (κ1) is 20.1. The largest absolute Gasteiger partial charge is 0.341 e. The summed E-state index contributed by atoms with van der Waals surface area (Å²) in [6.45, 7) is 7.52. The number of imide groups is 1. The summed E-state index contributed by atoms with van der Waals surface area (Å²) in [6.07, 6.45) is 6.37. The van der Waals surface area contributed by atoms with Crippen LogP contribution in [0.1, 0.15) is 58.8 Å². The van der Waals surface area contributed by atoms with Gasteiger partial charge < -0.3 is 15.5 Å². The molecular weight excluding hydrogens is 344 g/mol. The molecule has 7 heteroatoms. The molecule has 0 atom stereocenters. The fraction of sp³-hybridized carbons (Fsp3) is 0.850. The maximum Gasteiger partial charge on any atom is 0.325 e. The van der Waals surface area contributed by atoms with Crippen LogP contribution in [-0.4, -0.2) is 65.9 Å². The summed E-state index contributed by atoms with van der Waals surface area (Å²) in [5.41, 5.74) is -0.762. The van der Waals surface area contributed by atoms with Crippen molar-refractivity contribution < 1.29 is 14.4 Å². The van der Waals surface area contributed by atoms with Gasteiger partial charge in [-0.25, -0.2) is 4.79 Å². The first-order chi connectivity index (χ1) is 13.0. The fourth-order valence-electron chi connectivity index (χ4n) is 4.71. The maximum atomic E-state index is 12.9. The quantitative estimate of drug-likeness (QED) is 0.690. The molecule has 3 rings (SSSR count). The summed E-state index contributed by atoms with van der Waals surface area (Å²) >= 11 is 0. The molecule has 2 saturated heterocycles.